The Morgan fingerprint density at radius 1 is 1.26 bits per heavy atom. The summed E-state index contributed by atoms with van der Waals surface area (Å²) in [6, 6.07) is 6.17. The molecule has 1 saturated heterocycles. The minimum atomic E-state index is -4.43. The number of aromatic nitrogens is 1. The summed E-state index contributed by atoms with van der Waals surface area (Å²) in [6.45, 7) is 2.21. The highest BCUT2D eigenvalue weighted by Gasteiger charge is 2.34. The van der Waals surface area contributed by atoms with Crippen molar-refractivity contribution in [2.45, 2.75) is 19.1 Å². The van der Waals surface area contributed by atoms with E-state index in [1.165, 1.54) is 6.92 Å². The number of carbonyl (C=O) groups is 1. The largest absolute Gasteiger partial charge is 0.416 e. The van der Waals surface area contributed by atoms with Crippen molar-refractivity contribution < 1.29 is 18.0 Å². The number of carbonyl (C=O) groups excluding carboxylic acids is 1. The third kappa shape index (κ3) is 4.56. The quantitative estimate of drug-likeness (QED) is 0.757. The van der Waals surface area contributed by atoms with Crippen molar-refractivity contribution >= 4 is 40.7 Å². The van der Waals surface area contributed by atoms with Crippen LogP contribution in [0.5, 0.6) is 0 Å². The minimum Gasteiger partial charge on any atom is -0.352 e. The van der Waals surface area contributed by atoms with E-state index in [1.807, 2.05) is 0 Å². The van der Waals surface area contributed by atoms with E-state index in [1.54, 1.807) is 23.1 Å². The molecule has 1 fully saturated rings. The van der Waals surface area contributed by atoms with Crippen LogP contribution < -0.4 is 15.5 Å². The average molecular weight is 419 g/mol. The number of nitrogens with zero attached hydrogens (tertiary/aromatic N) is 2. The zero-order valence-corrected chi connectivity index (χ0v) is 15.6. The molecule has 0 bridgehead atoms. The van der Waals surface area contributed by atoms with Gasteiger partial charge in [0.1, 0.15) is 5.82 Å². The second-order valence-corrected chi connectivity index (χ2v) is 6.94. The number of aryl methyl sites for hydroxylation is 1. The standard InChI is InChI=1S/C17H15Cl2F3N4O/c1-9-5-10(17(20,21)22)6-14(23-9)26-7-11(8-26)24-16(27)25-13-4-2-3-12(18)15(13)19/h2-6,11H,7-8H2,1H3,(H2,24,25,27). The topological polar surface area (TPSA) is 57.3 Å². The third-order valence-corrected chi connectivity index (χ3v) is 4.83. The predicted octanol–water partition coefficient (Wildman–Crippen LogP) is 4.73. The number of anilines is 2. The normalized spacial score (nSPS) is 14.7. The Bertz CT molecular complexity index is 870. The maximum Gasteiger partial charge on any atom is 0.416 e. The molecule has 27 heavy (non-hydrogen) atoms. The second-order valence-electron chi connectivity index (χ2n) is 6.15. The molecule has 2 amide bonds. The highest BCUT2D eigenvalue weighted by Crippen LogP contribution is 2.33. The number of alkyl halides is 3. The molecule has 144 valence electrons. The molecule has 0 unspecified atom stereocenters. The SMILES string of the molecule is Cc1cc(C(F)(F)F)cc(N2CC(NC(=O)Nc3cccc(Cl)c3Cl)C2)n1. The van der Waals surface area contributed by atoms with Gasteiger partial charge in [-0.05, 0) is 31.2 Å². The lowest BCUT2D eigenvalue weighted by Gasteiger charge is -2.40. The van der Waals surface area contributed by atoms with Crippen molar-refractivity contribution in [2.24, 2.45) is 0 Å². The van der Waals surface area contributed by atoms with Gasteiger partial charge in [-0.1, -0.05) is 29.3 Å². The molecule has 1 aliphatic rings. The van der Waals surface area contributed by atoms with Gasteiger partial charge in [0.05, 0.1) is 27.3 Å². The van der Waals surface area contributed by atoms with E-state index in [2.05, 4.69) is 15.6 Å². The molecule has 3 rings (SSSR count). The van der Waals surface area contributed by atoms with Crippen LogP contribution >= 0.6 is 23.2 Å². The highest BCUT2D eigenvalue weighted by atomic mass is 35.5. The molecule has 2 aromatic rings. The van der Waals surface area contributed by atoms with E-state index in [9.17, 15) is 18.0 Å². The lowest BCUT2D eigenvalue weighted by atomic mass is 10.1. The molecule has 0 radical (unpaired) electrons. The predicted molar refractivity (Wildman–Crippen MR) is 98.6 cm³/mol. The van der Waals surface area contributed by atoms with Gasteiger partial charge < -0.3 is 15.5 Å². The molecule has 1 aromatic carbocycles. The molecule has 0 atom stereocenters. The zero-order valence-electron chi connectivity index (χ0n) is 14.1. The first-order chi connectivity index (χ1) is 12.6. The van der Waals surface area contributed by atoms with Crippen LogP contribution in [0.1, 0.15) is 11.3 Å². The zero-order chi connectivity index (χ0) is 19.8. The molecule has 0 saturated carbocycles. The summed E-state index contributed by atoms with van der Waals surface area (Å²) < 4.78 is 38.8. The smallest absolute Gasteiger partial charge is 0.352 e. The maximum absolute atomic E-state index is 12.9. The first kappa shape index (κ1) is 19.6. The Hall–Kier alpha value is -2.19. The molecule has 2 heterocycles. The Morgan fingerprint density at radius 3 is 2.63 bits per heavy atom. The van der Waals surface area contributed by atoms with E-state index in [4.69, 9.17) is 23.2 Å². The Labute approximate surface area is 163 Å². The lowest BCUT2D eigenvalue weighted by molar-refractivity contribution is -0.137. The van der Waals surface area contributed by atoms with Crippen LogP contribution in [0.2, 0.25) is 10.0 Å². The Balaban J connectivity index is 1.58. The summed E-state index contributed by atoms with van der Waals surface area (Å²) in [5.74, 6) is 0.235. The van der Waals surface area contributed by atoms with Gasteiger partial charge in [0.25, 0.3) is 0 Å². The van der Waals surface area contributed by atoms with Gasteiger partial charge in [-0.15, -0.1) is 0 Å². The number of nitrogens with one attached hydrogen (secondary N) is 2. The van der Waals surface area contributed by atoms with Crippen molar-refractivity contribution in [1.82, 2.24) is 10.3 Å². The number of pyridine rings is 1. The van der Waals surface area contributed by atoms with Gasteiger partial charge >= 0.3 is 12.2 Å². The van der Waals surface area contributed by atoms with Crippen LogP contribution in [0.4, 0.5) is 29.5 Å². The lowest BCUT2D eigenvalue weighted by Crippen LogP contribution is -2.60. The molecular weight excluding hydrogens is 404 g/mol. The first-order valence-electron chi connectivity index (χ1n) is 7.96. The fourth-order valence-electron chi connectivity index (χ4n) is 2.68. The summed E-state index contributed by atoms with van der Waals surface area (Å²) in [5, 5.41) is 5.87. The van der Waals surface area contributed by atoms with Crippen LogP contribution in [-0.4, -0.2) is 30.1 Å². The number of hydrogen-bond acceptors (Lipinski definition) is 3. The molecule has 10 heteroatoms. The van der Waals surface area contributed by atoms with Crippen LogP contribution in [-0.2, 0) is 6.18 Å². The van der Waals surface area contributed by atoms with Crippen molar-refractivity contribution in [3.8, 4) is 0 Å². The monoisotopic (exact) mass is 418 g/mol. The fraction of sp³-hybridized carbons (Fsp3) is 0.294. The molecule has 0 aliphatic carbocycles. The summed E-state index contributed by atoms with van der Waals surface area (Å²) in [5.41, 5.74) is -0.0904. The summed E-state index contributed by atoms with van der Waals surface area (Å²) >= 11 is 11.9. The maximum atomic E-state index is 12.9. The van der Waals surface area contributed by atoms with E-state index >= 15 is 0 Å². The Kier molecular flexibility index (Phi) is 5.39. The van der Waals surface area contributed by atoms with Gasteiger partial charge in [0.15, 0.2) is 0 Å². The summed E-state index contributed by atoms with van der Waals surface area (Å²) in [6.07, 6.45) is -4.43. The Morgan fingerprint density at radius 2 is 1.96 bits per heavy atom. The van der Waals surface area contributed by atoms with E-state index in [-0.39, 0.29) is 22.6 Å². The van der Waals surface area contributed by atoms with Crippen molar-refractivity contribution in [1.29, 1.82) is 0 Å². The summed E-state index contributed by atoms with van der Waals surface area (Å²) in [7, 11) is 0. The van der Waals surface area contributed by atoms with Gasteiger partial charge in [-0.2, -0.15) is 13.2 Å². The number of urea groups is 1. The summed E-state index contributed by atoms with van der Waals surface area (Å²) in [4.78, 5) is 17.9. The average Bonchev–Trinajstić information content (AvgIpc) is 2.53. The second kappa shape index (κ2) is 7.44. The van der Waals surface area contributed by atoms with E-state index < -0.39 is 17.8 Å². The molecule has 1 aromatic heterocycles. The molecule has 0 spiro atoms. The third-order valence-electron chi connectivity index (χ3n) is 4.01. The van der Waals surface area contributed by atoms with Crippen LogP contribution in [0.25, 0.3) is 0 Å². The van der Waals surface area contributed by atoms with Gasteiger partial charge in [-0.3, -0.25) is 0 Å². The van der Waals surface area contributed by atoms with Crippen molar-refractivity contribution in [3.05, 3.63) is 51.6 Å². The van der Waals surface area contributed by atoms with Crippen LogP contribution in [0, 0.1) is 6.92 Å². The van der Waals surface area contributed by atoms with Gasteiger partial charge in [0, 0.05) is 18.8 Å². The molecule has 5 nitrogen and oxygen atoms in total. The van der Waals surface area contributed by atoms with Crippen LogP contribution in [0.15, 0.2) is 30.3 Å². The van der Waals surface area contributed by atoms with Crippen molar-refractivity contribution in [3.63, 3.8) is 0 Å². The fourth-order valence-corrected chi connectivity index (χ4v) is 3.03. The van der Waals surface area contributed by atoms with E-state index in [0.717, 1.165) is 12.1 Å². The molecule has 2 N–H and O–H groups in total. The number of hydrogen-bond donors (Lipinski definition) is 2. The highest BCUT2D eigenvalue weighted by molar-refractivity contribution is 6.43. The number of amides is 2. The minimum absolute atomic E-state index is 0.223. The number of rotatable bonds is 3. The van der Waals surface area contributed by atoms with Gasteiger partial charge in [-0.25, -0.2) is 9.78 Å². The van der Waals surface area contributed by atoms with Gasteiger partial charge in [0.2, 0.25) is 0 Å². The number of benzene rings is 1. The first-order valence-corrected chi connectivity index (χ1v) is 8.71. The van der Waals surface area contributed by atoms with Crippen LogP contribution in [0.3, 0.4) is 0 Å². The molecular formula is C17H15Cl2F3N4O. The number of halogens is 5. The molecule has 1 aliphatic heterocycles. The van der Waals surface area contributed by atoms with Crippen molar-refractivity contribution in [2.75, 3.05) is 23.3 Å². The van der Waals surface area contributed by atoms with E-state index in [0.29, 0.717) is 23.8 Å².